The van der Waals surface area contributed by atoms with Gasteiger partial charge >= 0.3 is 0 Å². The molecule has 8 bridgehead atoms. The molecule has 2 aliphatic rings. The van der Waals surface area contributed by atoms with E-state index < -0.39 is 16.1 Å². The van der Waals surface area contributed by atoms with Gasteiger partial charge in [0, 0.05) is 50.9 Å². The van der Waals surface area contributed by atoms with Gasteiger partial charge in [0.15, 0.2) is 0 Å². The van der Waals surface area contributed by atoms with E-state index in [1.807, 2.05) is 0 Å². The highest BCUT2D eigenvalue weighted by Gasteiger charge is 2.43. The highest BCUT2D eigenvalue weighted by Crippen LogP contribution is 2.43. The fourth-order valence-corrected chi connectivity index (χ4v) is 21.5. The van der Waals surface area contributed by atoms with E-state index in [2.05, 4.69) is 205 Å². The molecule has 0 fully saturated rings. The maximum atomic E-state index is 5.52. The number of H-pyrrole nitrogens is 2. The van der Waals surface area contributed by atoms with Crippen LogP contribution in [-0.4, -0.2) is 36.1 Å². The van der Waals surface area contributed by atoms with Crippen LogP contribution in [0.3, 0.4) is 0 Å². The molecule has 0 saturated carbocycles. The van der Waals surface area contributed by atoms with Crippen LogP contribution < -0.4 is 0 Å². The highest BCUT2D eigenvalue weighted by atomic mass is 28.3. The molecule has 1 aromatic carbocycles. The van der Waals surface area contributed by atoms with Crippen molar-refractivity contribution in [3.8, 4) is 34.1 Å². The maximum Gasteiger partial charge on any atom is 0.146 e. The van der Waals surface area contributed by atoms with Crippen molar-refractivity contribution in [2.45, 2.75) is 163 Å². The molecule has 0 atom stereocenters. The van der Waals surface area contributed by atoms with E-state index in [4.69, 9.17) is 9.97 Å². The summed E-state index contributed by atoms with van der Waals surface area (Å²) in [7, 11) is -3.99. The number of benzene rings is 1. The summed E-state index contributed by atoms with van der Waals surface area (Å²) < 4.78 is 0. The Morgan fingerprint density at radius 3 is 1.69 bits per heavy atom. The normalized spacial score (nSPS) is 14.3. The van der Waals surface area contributed by atoms with Crippen LogP contribution in [0, 0.1) is 43.7 Å². The van der Waals surface area contributed by atoms with E-state index in [0.29, 0.717) is 33.2 Å². The van der Waals surface area contributed by atoms with E-state index in [0.717, 1.165) is 68.0 Å². The molecule has 0 spiro atoms. The molecule has 4 nitrogen and oxygen atoms in total. The molecule has 0 saturated heterocycles. The van der Waals surface area contributed by atoms with Crippen molar-refractivity contribution in [1.82, 2.24) is 19.9 Å². The van der Waals surface area contributed by atoms with Crippen molar-refractivity contribution in [3.05, 3.63) is 93.6 Å². The second-order valence-electron chi connectivity index (χ2n) is 20.2. The molecular formula is C53H70N4Si2. The molecular weight excluding hydrogens is 749 g/mol. The Morgan fingerprint density at radius 2 is 1.14 bits per heavy atom. The van der Waals surface area contributed by atoms with Gasteiger partial charge < -0.3 is 9.97 Å². The van der Waals surface area contributed by atoms with E-state index in [9.17, 15) is 0 Å². The van der Waals surface area contributed by atoms with Crippen LogP contribution in [0.25, 0.3) is 44.8 Å². The molecule has 6 rings (SSSR count). The fourth-order valence-electron chi connectivity index (χ4n) is 11.1. The topological polar surface area (TPSA) is 57.4 Å². The zero-order valence-corrected chi connectivity index (χ0v) is 41.3. The molecule has 59 heavy (non-hydrogen) atoms. The second kappa shape index (κ2) is 16.6. The summed E-state index contributed by atoms with van der Waals surface area (Å²) >= 11 is 0. The van der Waals surface area contributed by atoms with E-state index in [1.165, 1.54) is 22.3 Å². The zero-order chi connectivity index (χ0) is 43.4. The third-order valence-electron chi connectivity index (χ3n) is 13.9. The van der Waals surface area contributed by atoms with Crippen molar-refractivity contribution in [2.75, 3.05) is 0 Å². The average molecular weight is 819 g/mol. The molecule has 6 heteroatoms. The van der Waals surface area contributed by atoms with Crippen LogP contribution in [0.2, 0.25) is 33.2 Å². The van der Waals surface area contributed by atoms with Crippen molar-refractivity contribution >= 4 is 49.9 Å². The lowest BCUT2D eigenvalue weighted by Crippen LogP contribution is -2.43. The summed E-state index contributed by atoms with van der Waals surface area (Å²) in [6.07, 6.45) is 3.08. The largest absolute Gasteiger partial charge is 0.355 e. The Bertz CT molecular complexity index is 2520. The van der Waals surface area contributed by atoms with E-state index in [-0.39, 0.29) is 5.41 Å². The van der Waals surface area contributed by atoms with E-state index in [1.54, 1.807) is 0 Å². The number of aromatic nitrogens is 4. The zero-order valence-electron chi connectivity index (χ0n) is 39.3. The molecule has 0 aliphatic carbocycles. The first kappa shape index (κ1) is 44.2. The Balaban J connectivity index is 1.75. The van der Waals surface area contributed by atoms with Gasteiger partial charge in [-0.25, -0.2) is 4.98 Å². The molecule has 2 N–H and O–H groups in total. The fraction of sp³-hybridized carbons (Fsp3) is 0.472. The minimum atomic E-state index is -2.02. The first-order valence-electron chi connectivity index (χ1n) is 22.2. The number of allylic oxidation sites excluding steroid dienone is 1. The Kier molecular flexibility index (Phi) is 12.4. The first-order chi connectivity index (χ1) is 27.6. The Labute approximate surface area is 358 Å². The number of rotatable bonds is 7. The van der Waals surface area contributed by atoms with Crippen molar-refractivity contribution in [1.29, 1.82) is 0 Å². The van der Waals surface area contributed by atoms with Crippen LogP contribution in [-0.2, 0) is 11.8 Å². The smallest absolute Gasteiger partial charge is 0.146 e. The summed E-state index contributed by atoms with van der Waals surface area (Å²) in [5.74, 6) is 7.62. The monoisotopic (exact) mass is 819 g/mol. The number of fused-ring (bicyclic) bond motifs is 8. The highest BCUT2D eigenvalue weighted by molar-refractivity contribution is 6.91. The van der Waals surface area contributed by atoms with Crippen LogP contribution in [0.4, 0.5) is 0 Å². The predicted molar refractivity (Wildman–Crippen MR) is 262 cm³/mol. The van der Waals surface area contributed by atoms with Gasteiger partial charge in [-0.2, -0.15) is 0 Å². The lowest BCUT2D eigenvalue weighted by Gasteiger charge is -2.38. The summed E-state index contributed by atoms with van der Waals surface area (Å²) in [4.78, 5) is 18.5. The Hall–Kier alpha value is -4.37. The lowest BCUT2D eigenvalue weighted by atomic mass is 9.87. The molecule has 2 aliphatic heterocycles. The van der Waals surface area contributed by atoms with Gasteiger partial charge in [0.1, 0.15) is 16.1 Å². The predicted octanol–water partition coefficient (Wildman–Crippen LogP) is 14.8. The maximum absolute atomic E-state index is 5.52. The van der Waals surface area contributed by atoms with Crippen molar-refractivity contribution in [2.24, 2.45) is 0 Å². The molecule has 0 radical (unpaired) electrons. The summed E-state index contributed by atoms with van der Waals surface area (Å²) in [5, 5.41) is 0. The second-order valence-corrected chi connectivity index (χ2v) is 31.4. The van der Waals surface area contributed by atoms with Crippen LogP contribution in [0.5, 0.6) is 0 Å². The molecule has 4 aromatic rings. The van der Waals surface area contributed by atoms with E-state index >= 15 is 0 Å². The van der Waals surface area contributed by atoms with Crippen LogP contribution in [0.15, 0.2) is 48.5 Å². The number of aryl methyl sites for hydroxylation is 3. The molecule has 5 heterocycles. The molecule has 310 valence electrons. The number of nitrogens with one attached hydrogen (secondary N) is 2. The molecule has 0 unspecified atom stereocenters. The number of aromatic amines is 2. The average Bonchev–Trinajstić information content (AvgIpc) is 3.89. The van der Waals surface area contributed by atoms with Gasteiger partial charge in [-0.3, -0.25) is 4.98 Å². The van der Waals surface area contributed by atoms with Gasteiger partial charge in [0.05, 0.1) is 22.5 Å². The van der Waals surface area contributed by atoms with Gasteiger partial charge in [0.2, 0.25) is 0 Å². The van der Waals surface area contributed by atoms with Gasteiger partial charge in [-0.15, -0.1) is 11.1 Å². The minimum Gasteiger partial charge on any atom is -0.355 e. The SMILES string of the molecule is Cc1cc(C)c(-c2c3nc(cc4nc(cc5cc(C#C[Si](C(C)C)(C(C)C)C(C)C)c(cc6ccc2[nH]6)[nH]5)C(C)(C)C4)C(C#C[Si](C(C)C)(C(C)C)C(C)C)=C3)c(C)c1. The van der Waals surface area contributed by atoms with Crippen LogP contribution >= 0.6 is 0 Å². The Morgan fingerprint density at radius 1 is 0.593 bits per heavy atom. The van der Waals surface area contributed by atoms with Gasteiger partial charge in [-0.05, 0) is 113 Å². The van der Waals surface area contributed by atoms with Gasteiger partial charge in [-0.1, -0.05) is 126 Å². The van der Waals surface area contributed by atoms with Crippen molar-refractivity contribution < 1.29 is 0 Å². The molecule has 3 aromatic heterocycles. The standard InChI is InChI=1S/C53H70N4Si2/c1-32(2)58(33(3)4,34(5)6)22-20-41-26-44-30-50-53(16,17)31-45(56-50)29-48-42(21-23-59(35(7)8,36(9)10)37(11)12)27-49(57-48)52(51-39(14)24-38(13)25-40(51)15)46-19-18-43(54-46)28-47(41)55-44/h18-19,24-30,32-37,54-55H,31H2,1-17H3. The number of hydrogen-bond acceptors (Lipinski definition) is 2. The van der Waals surface area contributed by atoms with Crippen molar-refractivity contribution in [3.63, 3.8) is 0 Å². The quantitative estimate of drug-likeness (QED) is 0.144. The summed E-state index contributed by atoms with van der Waals surface area (Å²) in [6.45, 7) is 39.8. The third-order valence-corrected chi connectivity index (χ3v) is 26.4. The summed E-state index contributed by atoms with van der Waals surface area (Å²) in [6, 6.07) is 17.9. The third kappa shape index (κ3) is 8.25. The number of nitrogens with zero attached hydrogens (tertiary/aromatic N) is 2. The van der Waals surface area contributed by atoms with Crippen LogP contribution in [0.1, 0.15) is 142 Å². The lowest BCUT2D eigenvalue weighted by molar-refractivity contribution is 0.543. The van der Waals surface area contributed by atoms with Gasteiger partial charge in [0.25, 0.3) is 0 Å². The number of hydrogen-bond donors (Lipinski definition) is 2. The summed E-state index contributed by atoms with van der Waals surface area (Å²) in [5.41, 5.74) is 27.2. The minimum absolute atomic E-state index is 0.159. The first-order valence-corrected chi connectivity index (χ1v) is 26.7. The molecule has 0 amide bonds.